The molecule has 0 aliphatic carbocycles. The van der Waals surface area contributed by atoms with Crippen LogP contribution in [0.5, 0.6) is 0 Å². The first-order valence-corrected chi connectivity index (χ1v) is 6.99. The van der Waals surface area contributed by atoms with Gasteiger partial charge in [0.15, 0.2) is 4.77 Å². The molecule has 4 heteroatoms. The van der Waals surface area contributed by atoms with Crippen LogP contribution in [0.2, 0.25) is 0 Å². The number of nitrogens with zero attached hydrogens (tertiary/aromatic N) is 1. The van der Waals surface area contributed by atoms with Crippen LogP contribution < -0.4 is 0 Å². The fourth-order valence-electron chi connectivity index (χ4n) is 2.43. The maximum atomic E-state index is 5.76. The SMILES string of the molecule is CC(C)c1c[nH]c(=S)n1CCC1CCCCO1. The van der Waals surface area contributed by atoms with E-state index in [9.17, 15) is 0 Å². The molecule has 3 nitrogen and oxygen atoms in total. The third kappa shape index (κ3) is 3.19. The first-order valence-electron chi connectivity index (χ1n) is 6.58. The van der Waals surface area contributed by atoms with Crippen LogP contribution in [0.15, 0.2) is 6.20 Å². The Balaban J connectivity index is 1.98. The molecule has 0 spiro atoms. The summed E-state index contributed by atoms with van der Waals surface area (Å²) in [5.74, 6) is 0.509. The van der Waals surface area contributed by atoms with Gasteiger partial charge in [-0.1, -0.05) is 13.8 Å². The van der Waals surface area contributed by atoms with Crippen molar-refractivity contribution >= 4 is 12.2 Å². The van der Waals surface area contributed by atoms with Crippen LogP contribution in [0.1, 0.15) is 51.1 Å². The fraction of sp³-hybridized carbons (Fsp3) is 0.769. The Bertz CT molecular complexity index is 402. The van der Waals surface area contributed by atoms with Crippen LogP contribution in [0.25, 0.3) is 0 Å². The number of aromatic amines is 1. The highest BCUT2D eigenvalue weighted by Crippen LogP contribution is 2.19. The summed E-state index contributed by atoms with van der Waals surface area (Å²) in [5, 5.41) is 0. The third-order valence-corrected chi connectivity index (χ3v) is 3.78. The van der Waals surface area contributed by atoms with Crippen molar-refractivity contribution in [3.05, 3.63) is 16.7 Å². The second-order valence-electron chi connectivity index (χ2n) is 5.10. The van der Waals surface area contributed by atoms with Crippen molar-refractivity contribution in [3.8, 4) is 0 Å². The van der Waals surface area contributed by atoms with Crippen LogP contribution in [0.4, 0.5) is 0 Å². The largest absolute Gasteiger partial charge is 0.378 e. The summed E-state index contributed by atoms with van der Waals surface area (Å²) in [6.45, 7) is 6.30. The Morgan fingerprint density at radius 1 is 1.53 bits per heavy atom. The predicted molar refractivity (Wildman–Crippen MR) is 71.9 cm³/mol. The van der Waals surface area contributed by atoms with Gasteiger partial charge < -0.3 is 14.3 Å². The van der Waals surface area contributed by atoms with E-state index in [1.54, 1.807) is 0 Å². The molecule has 1 aliphatic heterocycles. The van der Waals surface area contributed by atoms with Crippen molar-refractivity contribution in [2.45, 2.75) is 58.1 Å². The van der Waals surface area contributed by atoms with Gasteiger partial charge in [-0.3, -0.25) is 0 Å². The van der Waals surface area contributed by atoms with E-state index in [2.05, 4.69) is 23.4 Å². The van der Waals surface area contributed by atoms with Gasteiger partial charge in [0.05, 0.1) is 6.10 Å². The van der Waals surface area contributed by atoms with Crippen molar-refractivity contribution in [2.75, 3.05) is 6.61 Å². The lowest BCUT2D eigenvalue weighted by Crippen LogP contribution is -2.21. The number of H-pyrrole nitrogens is 1. The highest BCUT2D eigenvalue weighted by atomic mass is 32.1. The molecule has 96 valence electrons. The number of hydrogen-bond acceptors (Lipinski definition) is 2. The second-order valence-corrected chi connectivity index (χ2v) is 5.49. The lowest BCUT2D eigenvalue weighted by molar-refractivity contribution is 0.00862. The topological polar surface area (TPSA) is 29.9 Å². The Kier molecular flexibility index (Phi) is 4.40. The van der Waals surface area contributed by atoms with Gasteiger partial charge in [0.1, 0.15) is 0 Å². The van der Waals surface area contributed by atoms with E-state index < -0.39 is 0 Å². The van der Waals surface area contributed by atoms with Crippen molar-refractivity contribution in [2.24, 2.45) is 0 Å². The van der Waals surface area contributed by atoms with Gasteiger partial charge in [-0.2, -0.15) is 0 Å². The zero-order chi connectivity index (χ0) is 12.3. The molecule has 1 saturated heterocycles. The monoisotopic (exact) mass is 254 g/mol. The molecule has 1 unspecified atom stereocenters. The third-order valence-electron chi connectivity index (χ3n) is 3.44. The zero-order valence-corrected chi connectivity index (χ0v) is 11.6. The summed E-state index contributed by atoms with van der Waals surface area (Å²) in [6.07, 6.45) is 7.27. The van der Waals surface area contributed by atoms with Crippen LogP contribution in [0, 0.1) is 4.77 Å². The molecule has 1 N–H and O–H groups in total. The molecule has 1 aromatic rings. The molecule has 0 saturated carbocycles. The molecule has 0 aromatic carbocycles. The Morgan fingerprint density at radius 3 is 3.00 bits per heavy atom. The molecule has 0 amide bonds. The zero-order valence-electron chi connectivity index (χ0n) is 10.7. The van der Waals surface area contributed by atoms with Gasteiger partial charge in [0.25, 0.3) is 0 Å². The molecule has 1 aromatic heterocycles. The van der Waals surface area contributed by atoms with E-state index in [1.807, 2.05) is 6.20 Å². The first-order chi connectivity index (χ1) is 8.18. The minimum absolute atomic E-state index is 0.431. The molecule has 2 heterocycles. The molecular weight excluding hydrogens is 232 g/mol. The van der Waals surface area contributed by atoms with Crippen LogP contribution in [-0.4, -0.2) is 22.3 Å². The van der Waals surface area contributed by atoms with Crippen molar-refractivity contribution < 1.29 is 4.74 Å². The number of hydrogen-bond donors (Lipinski definition) is 1. The standard InChI is InChI=1S/C13H22N2OS/c1-10(2)12-9-14-13(17)15(12)7-6-11-5-3-4-8-16-11/h9-11H,3-8H2,1-2H3,(H,14,17). The second kappa shape index (κ2) is 5.83. The Hall–Kier alpha value is -0.610. The molecular formula is C13H22N2OS. The van der Waals surface area contributed by atoms with Gasteiger partial charge in [0, 0.05) is 25.0 Å². The van der Waals surface area contributed by atoms with Crippen LogP contribution >= 0.6 is 12.2 Å². The smallest absolute Gasteiger partial charge is 0.177 e. The van der Waals surface area contributed by atoms with E-state index >= 15 is 0 Å². The molecule has 0 bridgehead atoms. The Labute approximate surface area is 108 Å². The molecule has 2 rings (SSSR count). The predicted octanol–water partition coefficient (Wildman–Crippen LogP) is 3.63. The van der Waals surface area contributed by atoms with Gasteiger partial charge in [-0.05, 0) is 43.8 Å². The number of ether oxygens (including phenoxy) is 1. The highest BCUT2D eigenvalue weighted by Gasteiger charge is 2.15. The van der Waals surface area contributed by atoms with E-state index in [4.69, 9.17) is 17.0 Å². The summed E-state index contributed by atoms with van der Waals surface area (Å²) in [4.78, 5) is 3.14. The van der Waals surface area contributed by atoms with E-state index in [1.165, 1.54) is 25.0 Å². The summed E-state index contributed by atoms with van der Waals surface area (Å²) in [7, 11) is 0. The maximum absolute atomic E-state index is 5.76. The van der Waals surface area contributed by atoms with Crippen molar-refractivity contribution in [1.29, 1.82) is 0 Å². The molecule has 1 aliphatic rings. The minimum atomic E-state index is 0.431. The molecule has 17 heavy (non-hydrogen) atoms. The first kappa shape index (κ1) is 12.8. The fourth-order valence-corrected chi connectivity index (χ4v) is 2.68. The molecule has 0 radical (unpaired) electrons. The van der Waals surface area contributed by atoms with E-state index in [0.717, 1.165) is 24.3 Å². The average molecular weight is 254 g/mol. The van der Waals surface area contributed by atoms with Gasteiger partial charge in [0.2, 0.25) is 0 Å². The van der Waals surface area contributed by atoms with Crippen LogP contribution in [0.3, 0.4) is 0 Å². The highest BCUT2D eigenvalue weighted by molar-refractivity contribution is 7.71. The van der Waals surface area contributed by atoms with E-state index in [-0.39, 0.29) is 0 Å². The van der Waals surface area contributed by atoms with Crippen molar-refractivity contribution in [3.63, 3.8) is 0 Å². The minimum Gasteiger partial charge on any atom is -0.378 e. The quantitative estimate of drug-likeness (QED) is 0.832. The summed E-state index contributed by atoms with van der Waals surface area (Å²) < 4.78 is 8.82. The number of nitrogens with one attached hydrogen (secondary N) is 1. The summed E-state index contributed by atoms with van der Waals surface area (Å²) >= 11 is 5.33. The average Bonchev–Trinajstić information content (AvgIpc) is 2.69. The normalized spacial score (nSPS) is 21.0. The maximum Gasteiger partial charge on any atom is 0.177 e. The molecule has 1 atom stereocenters. The Morgan fingerprint density at radius 2 is 2.35 bits per heavy atom. The summed E-state index contributed by atoms with van der Waals surface area (Å²) in [5.41, 5.74) is 1.30. The molecule has 1 fully saturated rings. The number of rotatable bonds is 4. The number of imidazole rings is 1. The van der Waals surface area contributed by atoms with Crippen LogP contribution in [-0.2, 0) is 11.3 Å². The van der Waals surface area contributed by atoms with Crippen molar-refractivity contribution in [1.82, 2.24) is 9.55 Å². The lowest BCUT2D eigenvalue weighted by atomic mass is 10.1. The van der Waals surface area contributed by atoms with Gasteiger partial charge in [-0.25, -0.2) is 0 Å². The van der Waals surface area contributed by atoms with E-state index in [0.29, 0.717) is 12.0 Å². The van der Waals surface area contributed by atoms with Gasteiger partial charge in [-0.15, -0.1) is 0 Å². The lowest BCUT2D eigenvalue weighted by Gasteiger charge is -2.23. The summed E-state index contributed by atoms with van der Waals surface area (Å²) in [6, 6.07) is 0. The van der Waals surface area contributed by atoms with Gasteiger partial charge >= 0.3 is 0 Å². The number of aromatic nitrogens is 2.